The van der Waals surface area contributed by atoms with Crippen molar-refractivity contribution >= 4 is 19.6 Å². The number of hydrogen-bond donors (Lipinski definition) is 0. The lowest BCUT2D eigenvalue weighted by Crippen LogP contribution is -2.28. The van der Waals surface area contributed by atoms with Crippen molar-refractivity contribution in [1.82, 2.24) is 0 Å². The highest BCUT2D eigenvalue weighted by molar-refractivity contribution is 7.49. The molecular formula is C45H58NOP. The molecular weight excluding hydrogens is 601 g/mol. The summed E-state index contributed by atoms with van der Waals surface area (Å²) in [5, 5.41) is 1.31. The van der Waals surface area contributed by atoms with E-state index in [-0.39, 0.29) is 16.0 Å². The number of aliphatic imine (C=N–C) groups is 1. The molecule has 0 amide bonds. The molecule has 4 aromatic carbocycles. The number of aryl methyl sites for hydroxylation is 1. The summed E-state index contributed by atoms with van der Waals surface area (Å²) in [5.74, 6) is 2.43. The Balaban J connectivity index is 1.75. The van der Waals surface area contributed by atoms with Crippen LogP contribution >= 0.6 is 8.58 Å². The van der Waals surface area contributed by atoms with Gasteiger partial charge in [0.1, 0.15) is 12.4 Å². The summed E-state index contributed by atoms with van der Waals surface area (Å²) in [6.07, 6.45) is 4.52. The van der Waals surface area contributed by atoms with Crippen LogP contribution in [0.25, 0.3) is 0 Å². The third kappa shape index (κ3) is 6.93. The molecule has 1 aliphatic carbocycles. The van der Waals surface area contributed by atoms with Crippen LogP contribution < -0.4 is 10.0 Å². The van der Waals surface area contributed by atoms with Gasteiger partial charge in [0.15, 0.2) is 0 Å². The summed E-state index contributed by atoms with van der Waals surface area (Å²) < 4.78 is 7.19. The van der Waals surface area contributed by atoms with E-state index in [4.69, 9.17) is 9.73 Å². The number of nitrogens with zero attached hydrogens (tertiary/aromatic N) is 1. The van der Waals surface area contributed by atoms with Gasteiger partial charge in [0.2, 0.25) is 0 Å². The van der Waals surface area contributed by atoms with Crippen molar-refractivity contribution in [3.05, 3.63) is 130 Å². The zero-order chi connectivity index (χ0) is 34.7. The standard InChI is InChI=1S/C45H58NOP/c1-11-21-37-32(5)44(37,9)38-28-35(43(6,7)8)29-39(41(38)47-30-33-23-16-14-17-24-33)45(12-2,13-3)48-42-31(4)22-20-27-36(42)40(46-10)34-25-18-15-19-26-34/h14-20,22-29,32,37,48H,11-13,21,30H2,1-10H3. The van der Waals surface area contributed by atoms with Crippen molar-refractivity contribution in [2.24, 2.45) is 16.8 Å². The first-order valence-electron chi connectivity index (χ1n) is 18.2. The normalized spacial score (nSPS) is 20.0. The van der Waals surface area contributed by atoms with Gasteiger partial charge in [-0.25, -0.2) is 0 Å². The van der Waals surface area contributed by atoms with Crippen molar-refractivity contribution in [1.29, 1.82) is 0 Å². The average Bonchev–Trinajstić information content (AvgIpc) is 3.62. The molecule has 0 N–H and O–H groups in total. The van der Waals surface area contributed by atoms with Crippen LogP contribution in [0.3, 0.4) is 0 Å². The van der Waals surface area contributed by atoms with Crippen molar-refractivity contribution in [2.75, 3.05) is 7.05 Å². The molecule has 48 heavy (non-hydrogen) atoms. The largest absolute Gasteiger partial charge is 0.488 e. The van der Waals surface area contributed by atoms with E-state index in [0.717, 1.165) is 29.9 Å². The third-order valence-corrected chi connectivity index (χ3v) is 13.8. The zero-order valence-corrected chi connectivity index (χ0v) is 32.2. The highest BCUT2D eigenvalue weighted by Crippen LogP contribution is 2.65. The summed E-state index contributed by atoms with van der Waals surface area (Å²) in [6.45, 7) is 22.1. The van der Waals surface area contributed by atoms with Gasteiger partial charge in [-0.15, -0.1) is 0 Å². The van der Waals surface area contributed by atoms with Crippen LogP contribution in [-0.2, 0) is 22.6 Å². The van der Waals surface area contributed by atoms with Gasteiger partial charge in [0.25, 0.3) is 0 Å². The zero-order valence-electron chi connectivity index (χ0n) is 31.2. The predicted molar refractivity (Wildman–Crippen MR) is 210 cm³/mol. The molecule has 0 saturated heterocycles. The monoisotopic (exact) mass is 659 g/mol. The molecule has 1 aliphatic rings. The van der Waals surface area contributed by atoms with Crippen LogP contribution in [0.5, 0.6) is 5.75 Å². The van der Waals surface area contributed by atoms with E-state index in [0.29, 0.717) is 27.0 Å². The Morgan fingerprint density at radius 1 is 0.875 bits per heavy atom. The van der Waals surface area contributed by atoms with E-state index in [1.807, 2.05) is 7.05 Å². The molecule has 1 fully saturated rings. The van der Waals surface area contributed by atoms with Gasteiger partial charge in [0, 0.05) is 39.9 Å². The molecule has 5 rings (SSSR count). The molecule has 0 spiro atoms. The molecule has 2 nitrogen and oxygen atoms in total. The van der Waals surface area contributed by atoms with Crippen LogP contribution in [0.2, 0.25) is 0 Å². The number of hydrogen-bond acceptors (Lipinski definition) is 2. The second-order valence-corrected chi connectivity index (χ2v) is 16.9. The number of ether oxygens (including phenoxy) is 1. The maximum Gasteiger partial charge on any atom is 0.127 e. The Bertz CT molecular complexity index is 1710. The fraction of sp³-hybridized carbons (Fsp3) is 0.444. The van der Waals surface area contributed by atoms with E-state index in [2.05, 4.69) is 153 Å². The van der Waals surface area contributed by atoms with Gasteiger partial charge in [-0.3, -0.25) is 4.99 Å². The van der Waals surface area contributed by atoms with Crippen molar-refractivity contribution in [3.63, 3.8) is 0 Å². The van der Waals surface area contributed by atoms with Gasteiger partial charge in [-0.2, -0.15) is 0 Å². The van der Waals surface area contributed by atoms with Crippen LogP contribution in [-0.4, -0.2) is 12.8 Å². The highest BCUT2D eigenvalue weighted by atomic mass is 31.1. The van der Waals surface area contributed by atoms with Crippen LogP contribution in [0.15, 0.2) is 96.0 Å². The quantitative estimate of drug-likeness (QED) is 0.103. The third-order valence-electron chi connectivity index (χ3n) is 11.5. The fourth-order valence-electron chi connectivity index (χ4n) is 7.99. The first kappa shape index (κ1) is 36.1. The molecule has 4 unspecified atom stereocenters. The Kier molecular flexibility index (Phi) is 11.1. The maximum absolute atomic E-state index is 7.19. The number of benzene rings is 4. The van der Waals surface area contributed by atoms with E-state index < -0.39 is 0 Å². The van der Waals surface area contributed by atoms with Crippen LogP contribution in [0, 0.1) is 18.8 Å². The van der Waals surface area contributed by atoms with E-state index >= 15 is 0 Å². The van der Waals surface area contributed by atoms with E-state index in [1.165, 1.54) is 51.5 Å². The van der Waals surface area contributed by atoms with Gasteiger partial charge in [-0.05, 0) is 65.4 Å². The molecule has 3 heteroatoms. The van der Waals surface area contributed by atoms with Crippen molar-refractivity contribution in [3.8, 4) is 5.75 Å². The first-order chi connectivity index (χ1) is 22.9. The van der Waals surface area contributed by atoms with E-state index in [9.17, 15) is 0 Å². The van der Waals surface area contributed by atoms with Crippen molar-refractivity contribution < 1.29 is 4.74 Å². The Hall–Kier alpha value is -3.22. The first-order valence-corrected chi connectivity index (χ1v) is 19.2. The summed E-state index contributed by atoms with van der Waals surface area (Å²) in [4.78, 5) is 4.90. The summed E-state index contributed by atoms with van der Waals surface area (Å²) in [7, 11) is 2.49. The van der Waals surface area contributed by atoms with Gasteiger partial charge >= 0.3 is 0 Å². The molecule has 0 aromatic heterocycles. The van der Waals surface area contributed by atoms with E-state index in [1.54, 1.807) is 0 Å². The minimum atomic E-state index is -0.104. The van der Waals surface area contributed by atoms with Crippen LogP contribution in [0.1, 0.15) is 120 Å². The molecule has 0 bridgehead atoms. The second kappa shape index (κ2) is 14.7. The average molecular weight is 660 g/mol. The minimum Gasteiger partial charge on any atom is -0.488 e. The van der Waals surface area contributed by atoms with Gasteiger partial charge in [-0.1, -0.05) is 161 Å². The summed E-state index contributed by atoms with van der Waals surface area (Å²) in [6, 6.07) is 33.2. The molecule has 1 saturated carbocycles. The highest BCUT2D eigenvalue weighted by Gasteiger charge is 2.60. The second-order valence-electron chi connectivity index (χ2n) is 15.2. The molecule has 0 aliphatic heterocycles. The summed E-state index contributed by atoms with van der Waals surface area (Å²) in [5.41, 5.74) is 10.4. The molecule has 4 aromatic rings. The van der Waals surface area contributed by atoms with Gasteiger partial charge in [0.05, 0.1) is 5.71 Å². The predicted octanol–water partition coefficient (Wildman–Crippen LogP) is 11.7. The SMILES string of the molecule is CCCC1C(C)C1(C)c1cc(C(C)(C)C)cc(C(CC)(CC)Pc2c(C)cccc2C(=NC)c2ccccc2)c1OCc1ccccc1. The Morgan fingerprint density at radius 2 is 1.52 bits per heavy atom. The fourth-order valence-corrected chi connectivity index (χ4v) is 9.76. The molecule has 254 valence electrons. The molecule has 4 atom stereocenters. The van der Waals surface area contributed by atoms with Gasteiger partial charge < -0.3 is 4.74 Å². The minimum absolute atomic E-state index is 0.00963. The molecule has 0 radical (unpaired) electrons. The summed E-state index contributed by atoms with van der Waals surface area (Å²) >= 11 is 0. The topological polar surface area (TPSA) is 21.6 Å². The lowest BCUT2D eigenvalue weighted by atomic mass is 9.78. The lowest BCUT2D eigenvalue weighted by Gasteiger charge is -2.38. The molecule has 0 heterocycles. The lowest BCUT2D eigenvalue weighted by molar-refractivity contribution is 0.291. The number of rotatable bonds is 13. The Morgan fingerprint density at radius 3 is 2.10 bits per heavy atom. The smallest absolute Gasteiger partial charge is 0.127 e. The maximum atomic E-state index is 7.19. The van der Waals surface area contributed by atoms with Crippen LogP contribution in [0.4, 0.5) is 0 Å². The van der Waals surface area contributed by atoms with Crippen molar-refractivity contribution in [2.45, 2.75) is 111 Å². The Labute approximate surface area is 293 Å².